The molecule has 0 saturated carbocycles. The number of nitrogens with one attached hydrogen (secondary N) is 3. The number of amides is 2. The van der Waals surface area contributed by atoms with Crippen LogP contribution in [0.4, 0.5) is 16.2 Å². The van der Waals surface area contributed by atoms with E-state index in [0.717, 1.165) is 12.0 Å². The second kappa shape index (κ2) is 7.83. The molecule has 0 heterocycles. The Morgan fingerprint density at radius 2 is 1.67 bits per heavy atom. The summed E-state index contributed by atoms with van der Waals surface area (Å²) in [4.78, 5) is 11.6. The average Bonchev–Trinajstić information content (AvgIpc) is 2.55. The number of sulfonamides is 1. The lowest BCUT2D eigenvalue weighted by atomic mass is 10.1. The van der Waals surface area contributed by atoms with Crippen LogP contribution in [0.3, 0.4) is 0 Å². The largest absolute Gasteiger partial charge is 0.338 e. The lowest BCUT2D eigenvalue weighted by Crippen LogP contribution is -2.28. The fraction of sp³-hybridized carbons (Fsp3) is 0.235. The van der Waals surface area contributed by atoms with E-state index < -0.39 is 10.0 Å². The first-order valence-corrected chi connectivity index (χ1v) is 9.20. The van der Waals surface area contributed by atoms with Crippen molar-refractivity contribution in [2.45, 2.75) is 25.2 Å². The zero-order chi connectivity index (χ0) is 17.6. The molecule has 2 aromatic rings. The van der Waals surface area contributed by atoms with Crippen LogP contribution in [0.25, 0.3) is 0 Å². The van der Waals surface area contributed by atoms with Crippen LogP contribution in [0.15, 0.2) is 53.4 Å². The maximum Gasteiger partial charge on any atom is 0.319 e. The molecule has 0 aliphatic rings. The molecule has 0 saturated heterocycles. The molecular weight excluding hydrogens is 326 g/mol. The number of hydrogen-bond donors (Lipinski definition) is 3. The van der Waals surface area contributed by atoms with Gasteiger partial charge in [0.15, 0.2) is 0 Å². The molecule has 3 N–H and O–H groups in total. The minimum absolute atomic E-state index is 0.134. The fourth-order valence-electron chi connectivity index (χ4n) is 2.19. The van der Waals surface area contributed by atoms with E-state index >= 15 is 0 Å². The molecule has 7 heteroatoms. The Hall–Kier alpha value is -2.54. The molecule has 0 aromatic heterocycles. The lowest BCUT2D eigenvalue weighted by Gasteiger charge is -2.12. The Balaban J connectivity index is 2.16. The van der Waals surface area contributed by atoms with Gasteiger partial charge in [-0.25, -0.2) is 13.2 Å². The van der Waals surface area contributed by atoms with Crippen LogP contribution >= 0.6 is 0 Å². The summed E-state index contributed by atoms with van der Waals surface area (Å²) >= 11 is 0. The van der Waals surface area contributed by atoms with Gasteiger partial charge in [-0.1, -0.05) is 25.1 Å². The smallest absolute Gasteiger partial charge is 0.319 e. The minimum atomic E-state index is -3.68. The third kappa shape index (κ3) is 4.48. The van der Waals surface area contributed by atoms with Crippen molar-refractivity contribution in [3.63, 3.8) is 0 Å². The summed E-state index contributed by atoms with van der Waals surface area (Å²) in [6.45, 7) is 4.29. The first-order valence-electron chi connectivity index (χ1n) is 7.72. The molecule has 6 nitrogen and oxygen atoms in total. The van der Waals surface area contributed by atoms with Crippen LogP contribution < -0.4 is 15.4 Å². The van der Waals surface area contributed by atoms with Gasteiger partial charge < -0.3 is 10.6 Å². The minimum Gasteiger partial charge on any atom is -0.338 e. The third-order valence-corrected chi connectivity index (χ3v) is 4.78. The molecule has 0 radical (unpaired) electrons. The molecule has 0 atom stereocenters. The maximum atomic E-state index is 12.5. The molecule has 2 amide bonds. The summed E-state index contributed by atoms with van der Waals surface area (Å²) in [6.07, 6.45) is 0.730. The van der Waals surface area contributed by atoms with Crippen LogP contribution in [0.5, 0.6) is 0 Å². The summed E-state index contributed by atoms with van der Waals surface area (Å²) in [6, 6.07) is 13.0. The van der Waals surface area contributed by atoms with E-state index in [2.05, 4.69) is 15.4 Å². The van der Waals surface area contributed by atoms with Crippen molar-refractivity contribution in [2.75, 3.05) is 16.6 Å². The van der Waals surface area contributed by atoms with E-state index in [1.807, 2.05) is 26.0 Å². The van der Waals surface area contributed by atoms with E-state index in [9.17, 15) is 13.2 Å². The Morgan fingerprint density at radius 1 is 1.00 bits per heavy atom. The maximum absolute atomic E-state index is 12.5. The number of hydrogen-bond acceptors (Lipinski definition) is 3. The molecule has 0 fully saturated rings. The molecule has 2 aromatic carbocycles. The second-order valence-corrected chi connectivity index (χ2v) is 6.81. The van der Waals surface area contributed by atoms with Crippen LogP contribution in [-0.4, -0.2) is 21.0 Å². The fourth-order valence-corrected chi connectivity index (χ4v) is 3.29. The number of benzene rings is 2. The van der Waals surface area contributed by atoms with E-state index in [1.165, 1.54) is 12.1 Å². The molecule has 0 unspecified atom stereocenters. The van der Waals surface area contributed by atoms with Gasteiger partial charge in [-0.15, -0.1) is 0 Å². The topological polar surface area (TPSA) is 87.3 Å². The monoisotopic (exact) mass is 347 g/mol. The van der Waals surface area contributed by atoms with Gasteiger partial charge in [0.05, 0.1) is 10.6 Å². The normalized spacial score (nSPS) is 10.9. The van der Waals surface area contributed by atoms with Gasteiger partial charge in [0.2, 0.25) is 0 Å². The summed E-state index contributed by atoms with van der Waals surface area (Å²) in [5.41, 5.74) is 2.02. The molecule has 2 rings (SSSR count). The standard InChI is InChI=1S/C17H21N3O3S/c1-3-13-7-5-6-8-16(13)20-24(22,23)15-11-9-14(10-12-15)19-17(21)18-4-2/h5-12,20H,3-4H2,1-2H3,(H2,18,19,21). The Kier molecular flexibility index (Phi) is 5.81. The number of rotatable bonds is 6. The van der Waals surface area contributed by atoms with Crippen molar-refractivity contribution in [1.82, 2.24) is 5.32 Å². The van der Waals surface area contributed by atoms with Crippen LogP contribution in [0, 0.1) is 0 Å². The first kappa shape index (κ1) is 17.8. The number of para-hydroxylation sites is 1. The Bertz CT molecular complexity index is 802. The molecule has 24 heavy (non-hydrogen) atoms. The van der Waals surface area contributed by atoms with E-state index in [4.69, 9.17) is 0 Å². The van der Waals surface area contributed by atoms with E-state index in [-0.39, 0.29) is 10.9 Å². The van der Waals surface area contributed by atoms with Gasteiger partial charge in [0.1, 0.15) is 0 Å². The van der Waals surface area contributed by atoms with Crippen LogP contribution in [0.1, 0.15) is 19.4 Å². The highest BCUT2D eigenvalue weighted by Crippen LogP contribution is 2.21. The average molecular weight is 347 g/mol. The van der Waals surface area contributed by atoms with Crippen molar-refractivity contribution in [1.29, 1.82) is 0 Å². The van der Waals surface area contributed by atoms with Gasteiger partial charge in [-0.2, -0.15) is 0 Å². The molecule has 0 spiro atoms. The zero-order valence-corrected chi connectivity index (χ0v) is 14.5. The predicted octanol–water partition coefficient (Wildman–Crippen LogP) is 3.19. The number of urea groups is 1. The summed E-state index contributed by atoms with van der Waals surface area (Å²) < 4.78 is 27.6. The highest BCUT2D eigenvalue weighted by Gasteiger charge is 2.15. The number of aryl methyl sites for hydroxylation is 1. The first-order chi connectivity index (χ1) is 11.5. The van der Waals surface area contributed by atoms with Crippen LogP contribution in [0.2, 0.25) is 0 Å². The number of carbonyl (C=O) groups excluding carboxylic acids is 1. The molecule has 0 aliphatic heterocycles. The van der Waals surface area contributed by atoms with Gasteiger partial charge >= 0.3 is 6.03 Å². The Morgan fingerprint density at radius 3 is 2.29 bits per heavy atom. The summed E-state index contributed by atoms with van der Waals surface area (Å²) in [5.74, 6) is 0. The van der Waals surface area contributed by atoms with Crippen molar-refractivity contribution < 1.29 is 13.2 Å². The molecular formula is C17H21N3O3S. The summed E-state index contributed by atoms with van der Waals surface area (Å²) in [7, 11) is -3.68. The highest BCUT2D eigenvalue weighted by molar-refractivity contribution is 7.92. The van der Waals surface area contributed by atoms with Crippen LogP contribution in [-0.2, 0) is 16.4 Å². The van der Waals surface area contributed by atoms with Crippen molar-refractivity contribution in [2.24, 2.45) is 0 Å². The van der Waals surface area contributed by atoms with Gasteiger partial charge in [-0.3, -0.25) is 4.72 Å². The molecule has 0 aliphatic carbocycles. The van der Waals surface area contributed by atoms with Crippen molar-refractivity contribution in [3.8, 4) is 0 Å². The van der Waals surface area contributed by atoms with Gasteiger partial charge in [0.25, 0.3) is 10.0 Å². The zero-order valence-electron chi connectivity index (χ0n) is 13.7. The lowest BCUT2D eigenvalue weighted by molar-refractivity contribution is 0.252. The second-order valence-electron chi connectivity index (χ2n) is 5.13. The van der Waals surface area contributed by atoms with E-state index in [1.54, 1.807) is 24.3 Å². The quantitative estimate of drug-likeness (QED) is 0.750. The van der Waals surface area contributed by atoms with E-state index in [0.29, 0.717) is 17.9 Å². The predicted molar refractivity (Wildman–Crippen MR) is 95.8 cm³/mol. The molecule has 128 valence electrons. The van der Waals surface area contributed by atoms with Gasteiger partial charge in [-0.05, 0) is 49.2 Å². The van der Waals surface area contributed by atoms with Crippen molar-refractivity contribution in [3.05, 3.63) is 54.1 Å². The Labute approximate surface area is 142 Å². The molecule has 0 bridgehead atoms. The number of anilines is 2. The van der Waals surface area contributed by atoms with Gasteiger partial charge in [0, 0.05) is 12.2 Å². The summed E-state index contributed by atoms with van der Waals surface area (Å²) in [5, 5.41) is 5.23. The van der Waals surface area contributed by atoms with Crippen molar-refractivity contribution >= 4 is 27.4 Å². The SMILES string of the molecule is CCNC(=O)Nc1ccc(S(=O)(=O)Nc2ccccc2CC)cc1. The number of carbonyl (C=O) groups is 1. The third-order valence-electron chi connectivity index (χ3n) is 3.40. The highest BCUT2D eigenvalue weighted by atomic mass is 32.2.